The van der Waals surface area contributed by atoms with Gasteiger partial charge in [0.25, 0.3) is 0 Å². The Hall–Kier alpha value is -2.14. The summed E-state index contributed by atoms with van der Waals surface area (Å²) in [4.78, 5) is 14.4. The van der Waals surface area contributed by atoms with Crippen LogP contribution in [-0.2, 0) is 4.79 Å². The third-order valence-electron chi connectivity index (χ3n) is 4.72. The lowest BCUT2D eigenvalue weighted by Crippen LogP contribution is -2.42. The molecule has 2 aromatic rings. The molecule has 0 saturated carbocycles. The number of hydrogen-bond acceptors (Lipinski definition) is 3. The predicted octanol–water partition coefficient (Wildman–Crippen LogP) is 2.42. The van der Waals surface area contributed by atoms with Crippen molar-refractivity contribution in [1.29, 1.82) is 0 Å². The maximum Gasteiger partial charge on any atom is 0.247 e. The molecule has 0 radical (unpaired) electrons. The zero-order chi connectivity index (χ0) is 16.2. The van der Waals surface area contributed by atoms with Crippen molar-refractivity contribution in [2.24, 2.45) is 5.92 Å². The molecule has 5 nitrogen and oxygen atoms in total. The summed E-state index contributed by atoms with van der Waals surface area (Å²) in [7, 11) is 0. The van der Waals surface area contributed by atoms with Crippen LogP contribution in [0.1, 0.15) is 37.5 Å². The second kappa shape index (κ2) is 6.96. The van der Waals surface area contributed by atoms with E-state index < -0.39 is 6.10 Å². The van der Waals surface area contributed by atoms with Gasteiger partial charge in [-0.1, -0.05) is 30.3 Å². The number of likely N-dealkylation sites (tertiary alicyclic amines) is 1. The Morgan fingerprint density at radius 1 is 1.22 bits per heavy atom. The molecule has 3 rings (SSSR count). The number of hydrogen-bond donors (Lipinski definition) is 1. The van der Waals surface area contributed by atoms with Crippen molar-refractivity contribution >= 4 is 5.91 Å². The van der Waals surface area contributed by atoms with E-state index in [2.05, 4.69) is 5.10 Å². The van der Waals surface area contributed by atoms with E-state index in [0.717, 1.165) is 18.4 Å². The number of carbonyl (C=O) groups is 1. The molecule has 1 aliphatic heterocycles. The van der Waals surface area contributed by atoms with Gasteiger partial charge in [0.1, 0.15) is 6.04 Å². The first kappa shape index (κ1) is 15.7. The average molecular weight is 313 g/mol. The summed E-state index contributed by atoms with van der Waals surface area (Å²) in [5.74, 6) is 0.308. The number of piperidine rings is 1. The Morgan fingerprint density at radius 3 is 2.52 bits per heavy atom. The lowest BCUT2D eigenvalue weighted by Gasteiger charge is -2.35. The van der Waals surface area contributed by atoms with Crippen LogP contribution in [0.15, 0.2) is 48.8 Å². The monoisotopic (exact) mass is 313 g/mol. The molecule has 1 aromatic heterocycles. The van der Waals surface area contributed by atoms with Gasteiger partial charge in [0, 0.05) is 25.5 Å². The molecule has 1 N–H and O–H groups in total. The van der Waals surface area contributed by atoms with Crippen LogP contribution in [0.2, 0.25) is 0 Å². The number of amides is 1. The van der Waals surface area contributed by atoms with Gasteiger partial charge in [-0.3, -0.25) is 9.48 Å². The number of aliphatic hydroxyl groups excluding tert-OH is 1. The van der Waals surface area contributed by atoms with E-state index in [1.54, 1.807) is 10.9 Å². The third-order valence-corrected chi connectivity index (χ3v) is 4.72. The summed E-state index contributed by atoms with van der Waals surface area (Å²) in [6.07, 6.45) is 4.71. The molecule has 1 aliphatic rings. The van der Waals surface area contributed by atoms with Crippen LogP contribution < -0.4 is 0 Å². The molecular formula is C18H23N3O2. The van der Waals surface area contributed by atoms with Gasteiger partial charge >= 0.3 is 0 Å². The van der Waals surface area contributed by atoms with Gasteiger partial charge in [-0.25, -0.2) is 0 Å². The fraction of sp³-hybridized carbons (Fsp3) is 0.444. The zero-order valence-electron chi connectivity index (χ0n) is 13.4. The maximum atomic E-state index is 12.5. The van der Waals surface area contributed by atoms with Crippen molar-refractivity contribution < 1.29 is 9.90 Å². The first-order valence-electron chi connectivity index (χ1n) is 8.17. The standard InChI is InChI=1S/C18H23N3O2/c1-14(21-11-5-10-19-21)18(23)20-12-8-16(9-13-20)17(22)15-6-3-2-4-7-15/h2-7,10-11,14,16-17,22H,8-9,12-13H2,1H3/t14-,17+/m0/s1. The van der Waals surface area contributed by atoms with E-state index in [0.29, 0.717) is 13.1 Å². The topological polar surface area (TPSA) is 58.4 Å². The van der Waals surface area contributed by atoms with Crippen LogP contribution in [0, 0.1) is 5.92 Å². The van der Waals surface area contributed by atoms with Gasteiger partial charge in [0.15, 0.2) is 0 Å². The maximum absolute atomic E-state index is 12.5. The highest BCUT2D eigenvalue weighted by Crippen LogP contribution is 2.31. The minimum absolute atomic E-state index is 0.0985. The molecule has 1 fully saturated rings. The summed E-state index contributed by atoms with van der Waals surface area (Å²) in [5.41, 5.74) is 0.960. The molecule has 0 aliphatic carbocycles. The smallest absolute Gasteiger partial charge is 0.247 e. The van der Waals surface area contributed by atoms with Crippen LogP contribution in [0.4, 0.5) is 0 Å². The molecule has 0 bridgehead atoms. The highest BCUT2D eigenvalue weighted by atomic mass is 16.3. The number of benzene rings is 1. The Bertz CT molecular complexity index is 619. The van der Waals surface area contributed by atoms with Crippen LogP contribution >= 0.6 is 0 Å². The van der Waals surface area contributed by atoms with Gasteiger partial charge in [-0.15, -0.1) is 0 Å². The zero-order valence-corrected chi connectivity index (χ0v) is 13.4. The van der Waals surface area contributed by atoms with Crippen LogP contribution in [0.3, 0.4) is 0 Å². The lowest BCUT2D eigenvalue weighted by molar-refractivity contribution is -0.136. The Kier molecular flexibility index (Phi) is 4.76. The van der Waals surface area contributed by atoms with Gasteiger partial charge in [-0.05, 0) is 37.3 Å². The molecule has 122 valence electrons. The number of aliphatic hydroxyl groups is 1. The van der Waals surface area contributed by atoms with E-state index in [1.165, 1.54) is 0 Å². The van der Waals surface area contributed by atoms with E-state index in [1.807, 2.05) is 54.4 Å². The Balaban J connectivity index is 1.57. The molecule has 2 atom stereocenters. The molecule has 0 unspecified atom stereocenters. The number of nitrogens with zero attached hydrogens (tertiary/aromatic N) is 3. The summed E-state index contributed by atoms with van der Waals surface area (Å²) in [5, 5.41) is 14.7. The third kappa shape index (κ3) is 3.45. The fourth-order valence-corrected chi connectivity index (χ4v) is 3.25. The van der Waals surface area contributed by atoms with Crippen LogP contribution in [0.5, 0.6) is 0 Å². The quantitative estimate of drug-likeness (QED) is 0.943. The minimum atomic E-state index is -0.447. The van der Waals surface area contributed by atoms with E-state index >= 15 is 0 Å². The fourth-order valence-electron chi connectivity index (χ4n) is 3.25. The molecule has 2 heterocycles. The molecular weight excluding hydrogens is 290 g/mol. The van der Waals surface area contributed by atoms with Crippen molar-refractivity contribution in [2.75, 3.05) is 13.1 Å². The summed E-state index contributed by atoms with van der Waals surface area (Å²) >= 11 is 0. The Labute approximate surface area is 136 Å². The molecule has 23 heavy (non-hydrogen) atoms. The first-order chi connectivity index (χ1) is 11.2. The van der Waals surface area contributed by atoms with Crippen LogP contribution in [0.25, 0.3) is 0 Å². The number of aromatic nitrogens is 2. The minimum Gasteiger partial charge on any atom is -0.388 e. The number of carbonyl (C=O) groups excluding carboxylic acids is 1. The second-order valence-electron chi connectivity index (χ2n) is 6.18. The highest BCUT2D eigenvalue weighted by molar-refractivity contribution is 5.80. The summed E-state index contributed by atoms with van der Waals surface area (Å²) < 4.78 is 1.69. The van der Waals surface area contributed by atoms with Crippen molar-refractivity contribution in [3.05, 3.63) is 54.4 Å². The highest BCUT2D eigenvalue weighted by Gasteiger charge is 2.30. The van der Waals surface area contributed by atoms with Gasteiger partial charge in [0.2, 0.25) is 5.91 Å². The van der Waals surface area contributed by atoms with Gasteiger partial charge in [-0.2, -0.15) is 5.10 Å². The lowest BCUT2D eigenvalue weighted by atomic mass is 9.87. The summed E-state index contributed by atoms with van der Waals surface area (Å²) in [6, 6.07) is 11.3. The molecule has 0 spiro atoms. The van der Waals surface area contributed by atoms with Crippen molar-refractivity contribution in [3.63, 3.8) is 0 Å². The van der Waals surface area contributed by atoms with Crippen molar-refractivity contribution in [1.82, 2.24) is 14.7 Å². The van der Waals surface area contributed by atoms with Crippen LogP contribution in [-0.4, -0.2) is 38.8 Å². The van der Waals surface area contributed by atoms with E-state index in [9.17, 15) is 9.90 Å². The first-order valence-corrected chi connectivity index (χ1v) is 8.17. The van der Waals surface area contributed by atoms with Crippen molar-refractivity contribution in [2.45, 2.75) is 31.9 Å². The normalized spacial score (nSPS) is 18.6. The van der Waals surface area contributed by atoms with Gasteiger partial charge < -0.3 is 10.0 Å². The SMILES string of the molecule is C[C@@H](C(=O)N1CCC([C@H](O)c2ccccc2)CC1)n1cccn1. The predicted molar refractivity (Wildman–Crippen MR) is 87.6 cm³/mol. The molecule has 5 heteroatoms. The van der Waals surface area contributed by atoms with Crippen molar-refractivity contribution in [3.8, 4) is 0 Å². The molecule has 1 aromatic carbocycles. The molecule has 1 amide bonds. The van der Waals surface area contributed by atoms with E-state index in [-0.39, 0.29) is 17.9 Å². The largest absolute Gasteiger partial charge is 0.388 e. The number of rotatable bonds is 4. The van der Waals surface area contributed by atoms with Gasteiger partial charge in [0.05, 0.1) is 6.10 Å². The second-order valence-corrected chi connectivity index (χ2v) is 6.18. The Morgan fingerprint density at radius 2 is 1.91 bits per heavy atom. The summed E-state index contributed by atoms with van der Waals surface area (Å²) in [6.45, 7) is 3.26. The average Bonchev–Trinajstić information content (AvgIpc) is 3.15. The molecule has 1 saturated heterocycles. The van der Waals surface area contributed by atoms with E-state index in [4.69, 9.17) is 0 Å².